The molecule has 0 amide bonds. The third-order valence-electron chi connectivity index (χ3n) is 3.07. The van der Waals surface area contributed by atoms with E-state index in [4.69, 9.17) is 11.6 Å². The molecule has 1 aromatic carbocycles. The number of hydrogen-bond donors (Lipinski definition) is 1. The summed E-state index contributed by atoms with van der Waals surface area (Å²) in [5.74, 6) is 0. The van der Waals surface area contributed by atoms with Crippen LogP contribution in [0.15, 0.2) is 23.1 Å². The molecular formula is C13H20ClNO3S2. The van der Waals surface area contributed by atoms with E-state index in [1.807, 2.05) is 6.92 Å². The Morgan fingerprint density at radius 1 is 1.40 bits per heavy atom. The van der Waals surface area contributed by atoms with Gasteiger partial charge in [-0.2, -0.15) is 0 Å². The molecule has 0 aliphatic rings. The Labute approximate surface area is 128 Å². The lowest BCUT2D eigenvalue weighted by atomic mass is 10.2. The summed E-state index contributed by atoms with van der Waals surface area (Å²) >= 11 is 6.07. The Kier molecular flexibility index (Phi) is 6.64. The van der Waals surface area contributed by atoms with Crippen LogP contribution in [0.3, 0.4) is 0 Å². The van der Waals surface area contributed by atoms with Crippen molar-refractivity contribution < 1.29 is 12.6 Å². The summed E-state index contributed by atoms with van der Waals surface area (Å²) in [6.45, 7) is 2.97. The predicted octanol–water partition coefficient (Wildman–Crippen LogP) is 1.99. The van der Waals surface area contributed by atoms with Crippen molar-refractivity contribution >= 4 is 32.2 Å². The highest BCUT2D eigenvalue weighted by Gasteiger charge is 2.15. The van der Waals surface area contributed by atoms with Crippen LogP contribution in [-0.2, 0) is 27.2 Å². The van der Waals surface area contributed by atoms with Crippen LogP contribution >= 0.6 is 11.6 Å². The van der Waals surface area contributed by atoms with Gasteiger partial charge in [0.1, 0.15) is 0 Å². The Balaban J connectivity index is 2.71. The second kappa shape index (κ2) is 7.54. The van der Waals surface area contributed by atoms with Crippen LogP contribution in [0.5, 0.6) is 0 Å². The summed E-state index contributed by atoms with van der Waals surface area (Å²) in [6.07, 6.45) is 3.62. The number of benzene rings is 1. The molecule has 0 aliphatic heterocycles. The van der Waals surface area contributed by atoms with Gasteiger partial charge in [-0.3, -0.25) is 4.21 Å². The molecule has 0 heterocycles. The topological polar surface area (TPSA) is 63.2 Å². The lowest BCUT2D eigenvalue weighted by Gasteiger charge is -2.12. The minimum atomic E-state index is -3.30. The molecule has 20 heavy (non-hydrogen) atoms. The highest BCUT2D eigenvalue weighted by molar-refractivity contribution is 7.90. The van der Waals surface area contributed by atoms with Gasteiger partial charge < -0.3 is 5.32 Å². The maximum absolute atomic E-state index is 11.7. The molecule has 0 aliphatic carbocycles. The van der Waals surface area contributed by atoms with Crippen molar-refractivity contribution in [2.24, 2.45) is 0 Å². The minimum Gasteiger partial charge on any atom is -0.313 e. The smallest absolute Gasteiger partial charge is 0.175 e. The summed E-state index contributed by atoms with van der Waals surface area (Å²) < 4.78 is 34.6. The fourth-order valence-corrected chi connectivity index (χ4v) is 3.45. The molecule has 7 heteroatoms. The van der Waals surface area contributed by atoms with Gasteiger partial charge in [0.2, 0.25) is 0 Å². The zero-order valence-electron chi connectivity index (χ0n) is 11.8. The molecule has 2 unspecified atom stereocenters. The van der Waals surface area contributed by atoms with Crippen LogP contribution < -0.4 is 5.32 Å². The van der Waals surface area contributed by atoms with E-state index in [0.29, 0.717) is 23.7 Å². The van der Waals surface area contributed by atoms with E-state index in [9.17, 15) is 12.6 Å². The fourth-order valence-electron chi connectivity index (χ4n) is 1.74. The molecule has 4 nitrogen and oxygen atoms in total. The summed E-state index contributed by atoms with van der Waals surface area (Å²) in [5, 5.41) is 3.71. The van der Waals surface area contributed by atoms with Gasteiger partial charge in [-0.15, -0.1) is 0 Å². The van der Waals surface area contributed by atoms with Gasteiger partial charge in [0.25, 0.3) is 0 Å². The van der Waals surface area contributed by atoms with Crippen molar-refractivity contribution in [3.63, 3.8) is 0 Å². The number of nitrogens with one attached hydrogen (secondary N) is 1. The zero-order valence-corrected chi connectivity index (χ0v) is 14.2. The Morgan fingerprint density at radius 2 is 2.05 bits per heavy atom. The molecule has 1 N–H and O–H groups in total. The van der Waals surface area contributed by atoms with Gasteiger partial charge in [0.15, 0.2) is 9.84 Å². The van der Waals surface area contributed by atoms with Crippen molar-refractivity contribution in [3.05, 3.63) is 28.8 Å². The largest absolute Gasteiger partial charge is 0.313 e. The molecule has 0 fully saturated rings. The van der Waals surface area contributed by atoms with Crippen molar-refractivity contribution in [1.29, 1.82) is 0 Å². The Morgan fingerprint density at radius 3 is 2.60 bits per heavy atom. The second-order valence-corrected chi connectivity index (χ2v) is 8.96. The molecule has 0 bridgehead atoms. The van der Waals surface area contributed by atoms with Crippen molar-refractivity contribution in [2.75, 3.05) is 19.1 Å². The van der Waals surface area contributed by atoms with E-state index in [2.05, 4.69) is 5.32 Å². The van der Waals surface area contributed by atoms with E-state index < -0.39 is 20.6 Å². The maximum atomic E-state index is 11.7. The van der Waals surface area contributed by atoms with Gasteiger partial charge in [0.05, 0.1) is 4.90 Å². The molecule has 0 spiro atoms. The zero-order chi connectivity index (χ0) is 15.3. The maximum Gasteiger partial charge on any atom is 0.175 e. The summed E-state index contributed by atoms with van der Waals surface area (Å²) in [7, 11) is -4.14. The predicted molar refractivity (Wildman–Crippen MR) is 84.4 cm³/mol. The van der Waals surface area contributed by atoms with Crippen LogP contribution in [0.2, 0.25) is 5.02 Å². The molecule has 114 valence electrons. The van der Waals surface area contributed by atoms with Crippen LogP contribution in [-0.4, -0.2) is 36.9 Å². The van der Waals surface area contributed by atoms with Gasteiger partial charge in [-0.25, -0.2) is 8.42 Å². The highest BCUT2D eigenvalue weighted by atomic mass is 35.5. The van der Waals surface area contributed by atoms with Crippen LogP contribution in [0.4, 0.5) is 0 Å². The summed E-state index contributed by atoms with van der Waals surface area (Å²) in [4.78, 5) is 0.254. The molecule has 2 atom stereocenters. The SMILES string of the molecule is CC(CCNCc1c(Cl)cccc1S(C)(=O)=O)S(C)=O. The lowest BCUT2D eigenvalue weighted by molar-refractivity contribution is 0.596. The van der Waals surface area contributed by atoms with Gasteiger partial charge in [0, 0.05) is 45.7 Å². The normalized spacial score (nSPS) is 15.0. The van der Waals surface area contributed by atoms with E-state index in [1.165, 1.54) is 6.26 Å². The van der Waals surface area contributed by atoms with Crippen molar-refractivity contribution in [2.45, 2.75) is 30.0 Å². The minimum absolute atomic E-state index is 0.114. The van der Waals surface area contributed by atoms with Gasteiger partial charge >= 0.3 is 0 Å². The number of hydrogen-bond acceptors (Lipinski definition) is 4. The first kappa shape index (κ1) is 17.6. The summed E-state index contributed by atoms with van der Waals surface area (Å²) in [5.41, 5.74) is 0.585. The monoisotopic (exact) mass is 337 g/mol. The third kappa shape index (κ3) is 5.16. The van der Waals surface area contributed by atoms with E-state index in [1.54, 1.807) is 24.5 Å². The second-order valence-electron chi connectivity index (χ2n) is 4.76. The van der Waals surface area contributed by atoms with Crippen molar-refractivity contribution in [3.8, 4) is 0 Å². The Hall–Kier alpha value is -0.430. The number of sulfone groups is 1. The van der Waals surface area contributed by atoms with Crippen molar-refractivity contribution in [1.82, 2.24) is 5.32 Å². The molecule has 0 saturated heterocycles. The first-order valence-electron chi connectivity index (χ1n) is 6.24. The van der Waals surface area contributed by atoms with Crippen LogP contribution in [0, 0.1) is 0 Å². The van der Waals surface area contributed by atoms with Gasteiger partial charge in [-0.05, 0) is 25.1 Å². The molecule has 0 saturated carbocycles. The molecule has 0 aromatic heterocycles. The number of halogens is 1. The highest BCUT2D eigenvalue weighted by Crippen LogP contribution is 2.23. The standard InChI is InChI=1S/C13H20ClNO3S2/c1-10(19(2)16)7-8-15-9-11-12(14)5-4-6-13(11)20(3,17)18/h4-6,10,15H,7-9H2,1-3H3. The number of rotatable bonds is 7. The third-order valence-corrected chi connectivity index (χ3v) is 5.98. The quantitative estimate of drug-likeness (QED) is 0.773. The van der Waals surface area contributed by atoms with Gasteiger partial charge in [-0.1, -0.05) is 24.6 Å². The van der Waals surface area contributed by atoms with E-state index in [-0.39, 0.29) is 10.1 Å². The van der Waals surface area contributed by atoms with E-state index >= 15 is 0 Å². The average Bonchev–Trinajstić information content (AvgIpc) is 2.34. The average molecular weight is 338 g/mol. The van der Waals surface area contributed by atoms with Crippen LogP contribution in [0.25, 0.3) is 0 Å². The Bertz CT molecular complexity index is 587. The fraction of sp³-hybridized carbons (Fsp3) is 0.538. The first-order valence-corrected chi connectivity index (χ1v) is 10.1. The first-order chi connectivity index (χ1) is 9.23. The summed E-state index contributed by atoms with van der Waals surface area (Å²) in [6, 6.07) is 4.86. The molecule has 1 aromatic rings. The van der Waals surface area contributed by atoms with E-state index in [0.717, 1.165) is 6.42 Å². The molecule has 1 rings (SSSR count). The lowest BCUT2D eigenvalue weighted by Crippen LogP contribution is -2.22. The molecular weight excluding hydrogens is 318 g/mol. The van der Waals surface area contributed by atoms with Crippen LogP contribution in [0.1, 0.15) is 18.9 Å². The molecule has 0 radical (unpaired) electrons.